The summed E-state index contributed by atoms with van der Waals surface area (Å²) in [4.78, 5) is 14.1. The fraction of sp³-hybridized carbons (Fsp3) is 0.412. The highest BCUT2D eigenvalue weighted by atomic mass is 35.5. The lowest BCUT2D eigenvalue weighted by atomic mass is 10.0. The zero-order valence-corrected chi connectivity index (χ0v) is 28.0. The molecule has 8 heteroatoms. The van der Waals surface area contributed by atoms with Crippen LogP contribution < -0.4 is 15.5 Å². The fourth-order valence-electron chi connectivity index (χ4n) is 4.65. The van der Waals surface area contributed by atoms with Crippen LogP contribution in [0, 0.1) is 26.6 Å². The van der Waals surface area contributed by atoms with Gasteiger partial charge in [-0.2, -0.15) is 5.10 Å². The fourth-order valence-corrected chi connectivity index (χ4v) is 4.76. The highest BCUT2D eigenvalue weighted by molar-refractivity contribution is 6.32. The van der Waals surface area contributed by atoms with E-state index in [9.17, 15) is 9.18 Å². The van der Waals surface area contributed by atoms with Crippen LogP contribution in [0.5, 0.6) is 0 Å². The predicted molar refractivity (Wildman–Crippen MR) is 180 cm³/mol. The van der Waals surface area contributed by atoms with Crippen molar-refractivity contribution in [1.29, 1.82) is 0 Å². The summed E-state index contributed by atoms with van der Waals surface area (Å²) in [6.07, 6.45) is 6.03. The van der Waals surface area contributed by atoms with Crippen molar-refractivity contribution < 1.29 is 9.18 Å². The van der Waals surface area contributed by atoms with Gasteiger partial charge in [-0.25, -0.2) is 9.07 Å². The number of carbonyl (C=O) groups is 1. The summed E-state index contributed by atoms with van der Waals surface area (Å²) in [5.74, 6) is 0.551. The van der Waals surface area contributed by atoms with Gasteiger partial charge in [0.2, 0.25) is 5.91 Å². The molecule has 6 nitrogen and oxygen atoms in total. The quantitative estimate of drug-likeness (QED) is 0.308. The van der Waals surface area contributed by atoms with Crippen molar-refractivity contribution in [3.05, 3.63) is 87.5 Å². The van der Waals surface area contributed by atoms with E-state index in [1.54, 1.807) is 38.1 Å². The third kappa shape index (κ3) is 8.33. The number of halogens is 2. The van der Waals surface area contributed by atoms with Crippen molar-refractivity contribution in [3.8, 4) is 5.69 Å². The molecule has 0 saturated carbocycles. The first-order chi connectivity index (χ1) is 20.0. The SMILES string of the molecule is C/C=C\N(C(C)=O)c1c2c(nn1-c1cc(C)c(Cl)c(C)c1)CCN[C@H]2C.C=Cc1c(NC)ccc(C)c1F.CC.CC. The minimum absolute atomic E-state index is 0.0489. The lowest BCUT2D eigenvalue weighted by Crippen LogP contribution is -2.31. The standard InChI is InChI=1S/C20H25ClN4O.C10H12FN.2C2H6/c1-6-9-24(15(5)26)20-18-14(4)22-8-7-17(18)23-25(20)16-10-12(2)19(21)13(3)11-16;1-4-8-9(12-3)6-5-7(2)10(8)11;2*1-2/h6,9-11,14,22H,7-8H2,1-5H3;4-6,12H,1H2,2-3H3;2*1-2H3/b9-6-;;;/t14-;;;/m0.../s1. The summed E-state index contributed by atoms with van der Waals surface area (Å²) < 4.78 is 15.2. The van der Waals surface area contributed by atoms with E-state index >= 15 is 0 Å². The van der Waals surface area contributed by atoms with Gasteiger partial charge < -0.3 is 10.6 Å². The maximum absolute atomic E-state index is 13.3. The molecule has 3 aromatic rings. The molecule has 2 aromatic carbocycles. The molecule has 0 radical (unpaired) electrons. The monoisotopic (exact) mass is 597 g/mol. The molecule has 2 heterocycles. The van der Waals surface area contributed by atoms with Gasteiger partial charge in [-0.1, -0.05) is 64.1 Å². The maximum atomic E-state index is 13.3. The smallest absolute Gasteiger partial charge is 0.229 e. The van der Waals surface area contributed by atoms with Crippen molar-refractivity contribution in [2.45, 2.75) is 81.7 Å². The number of hydrogen-bond donors (Lipinski definition) is 2. The second-order valence-corrected chi connectivity index (χ2v) is 9.78. The number of nitrogens with one attached hydrogen (secondary N) is 2. The van der Waals surface area contributed by atoms with Crippen molar-refractivity contribution in [2.24, 2.45) is 0 Å². The second kappa shape index (κ2) is 17.5. The number of aryl methyl sites for hydroxylation is 3. The van der Waals surface area contributed by atoms with Crippen LogP contribution in [0.1, 0.15) is 88.0 Å². The molecule has 1 atom stereocenters. The molecule has 42 heavy (non-hydrogen) atoms. The van der Waals surface area contributed by atoms with Crippen LogP contribution in [-0.2, 0) is 11.2 Å². The Kier molecular flexibility index (Phi) is 15.3. The molecule has 0 unspecified atom stereocenters. The van der Waals surface area contributed by atoms with Gasteiger partial charge in [-0.3, -0.25) is 9.69 Å². The third-order valence-corrected chi connectivity index (χ3v) is 7.19. The number of allylic oxidation sites excluding steroid dienone is 1. The van der Waals surface area contributed by atoms with Crippen molar-refractivity contribution in [2.75, 3.05) is 23.8 Å². The molecule has 2 N–H and O–H groups in total. The Labute approximate surface area is 257 Å². The summed E-state index contributed by atoms with van der Waals surface area (Å²) in [7, 11) is 1.76. The van der Waals surface area contributed by atoms with Crippen molar-refractivity contribution in [1.82, 2.24) is 15.1 Å². The summed E-state index contributed by atoms with van der Waals surface area (Å²) >= 11 is 6.35. The molecule has 0 saturated heterocycles. The Bertz CT molecular complexity index is 1360. The van der Waals surface area contributed by atoms with Gasteiger partial charge in [0.25, 0.3) is 0 Å². The molecule has 1 aliphatic heterocycles. The van der Waals surface area contributed by atoms with Gasteiger partial charge >= 0.3 is 0 Å². The summed E-state index contributed by atoms with van der Waals surface area (Å²) in [6, 6.07) is 7.75. The Hall–Kier alpha value is -3.42. The van der Waals surface area contributed by atoms with E-state index in [0.717, 1.165) is 57.6 Å². The zero-order chi connectivity index (χ0) is 32.1. The maximum Gasteiger partial charge on any atom is 0.229 e. The molecule has 1 aromatic heterocycles. The Morgan fingerprint density at radius 3 is 2.26 bits per heavy atom. The molecular weight excluding hydrogens is 549 g/mol. The molecule has 1 aliphatic rings. The van der Waals surface area contributed by atoms with Crippen molar-refractivity contribution >= 4 is 35.1 Å². The average Bonchev–Trinajstić information content (AvgIpc) is 3.38. The molecule has 230 valence electrons. The number of aromatic nitrogens is 2. The topological polar surface area (TPSA) is 62.2 Å². The lowest BCUT2D eigenvalue weighted by molar-refractivity contribution is -0.116. The normalized spacial score (nSPS) is 13.4. The number of nitrogens with zero attached hydrogens (tertiary/aromatic N) is 3. The minimum Gasteiger partial charge on any atom is -0.388 e. The molecule has 0 spiro atoms. The first-order valence-corrected chi connectivity index (χ1v) is 15.1. The first-order valence-electron chi connectivity index (χ1n) is 14.7. The third-order valence-electron chi connectivity index (χ3n) is 6.60. The van der Waals surface area contributed by atoms with Gasteiger partial charge in [0.15, 0.2) is 0 Å². The number of carbonyl (C=O) groups excluding carboxylic acids is 1. The van der Waals surface area contributed by atoms with E-state index in [1.165, 1.54) is 6.08 Å². The van der Waals surface area contributed by atoms with Gasteiger partial charge in [0.05, 0.1) is 11.4 Å². The highest BCUT2D eigenvalue weighted by Gasteiger charge is 2.30. The number of rotatable bonds is 5. The Morgan fingerprint density at radius 2 is 1.76 bits per heavy atom. The van der Waals surface area contributed by atoms with Crippen molar-refractivity contribution in [3.63, 3.8) is 0 Å². The van der Waals surface area contributed by atoms with Crippen LogP contribution in [0.2, 0.25) is 5.02 Å². The summed E-state index contributed by atoms with van der Waals surface area (Å²) in [5.41, 5.74) is 6.97. The van der Waals surface area contributed by atoms with E-state index in [4.69, 9.17) is 16.7 Å². The predicted octanol–water partition coefficient (Wildman–Crippen LogP) is 9.11. The molecule has 0 bridgehead atoms. The first kappa shape index (κ1) is 36.6. The summed E-state index contributed by atoms with van der Waals surface area (Å²) in [5, 5.41) is 12.0. The van der Waals surface area contributed by atoms with Crippen LogP contribution in [-0.4, -0.2) is 29.3 Å². The van der Waals surface area contributed by atoms with E-state index < -0.39 is 0 Å². The zero-order valence-electron chi connectivity index (χ0n) is 27.2. The van der Waals surface area contributed by atoms with Gasteiger partial charge in [-0.05, 0) is 69.5 Å². The molecule has 0 aliphatic carbocycles. The largest absolute Gasteiger partial charge is 0.388 e. The molecule has 4 rings (SSSR count). The second-order valence-electron chi connectivity index (χ2n) is 9.40. The minimum atomic E-state index is -0.197. The van der Waals surface area contributed by atoms with Crippen LogP contribution in [0.4, 0.5) is 15.9 Å². The van der Waals surface area contributed by atoms with Gasteiger partial charge in [0.1, 0.15) is 11.6 Å². The van der Waals surface area contributed by atoms with Gasteiger partial charge in [0, 0.05) is 61.0 Å². The lowest BCUT2D eigenvalue weighted by Gasteiger charge is -2.25. The molecule has 1 amide bonds. The number of benzene rings is 2. The number of anilines is 2. The molecule has 0 fully saturated rings. The van der Waals surface area contributed by atoms with E-state index in [-0.39, 0.29) is 17.8 Å². The Morgan fingerprint density at radius 1 is 1.17 bits per heavy atom. The van der Waals surface area contributed by atoms with Crippen LogP contribution in [0.15, 0.2) is 43.1 Å². The van der Waals surface area contributed by atoms with Crippen LogP contribution in [0.25, 0.3) is 11.8 Å². The van der Waals surface area contributed by atoms with E-state index in [1.807, 2.05) is 77.4 Å². The van der Waals surface area contributed by atoms with Crippen LogP contribution in [0.3, 0.4) is 0 Å². The number of hydrogen-bond acceptors (Lipinski definition) is 4. The highest BCUT2D eigenvalue weighted by Crippen LogP contribution is 2.36. The summed E-state index contributed by atoms with van der Waals surface area (Å²) in [6.45, 7) is 23.7. The van der Waals surface area contributed by atoms with Crippen LogP contribution >= 0.6 is 11.6 Å². The van der Waals surface area contributed by atoms with E-state index in [2.05, 4.69) is 24.1 Å². The number of fused-ring (bicyclic) bond motifs is 1. The molecular formula is C34H49ClFN5O. The van der Waals surface area contributed by atoms with E-state index in [0.29, 0.717) is 11.1 Å². The van der Waals surface area contributed by atoms with Gasteiger partial charge in [-0.15, -0.1) is 0 Å². The average molecular weight is 598 g/mol. The number of amides is 1. The Balaban J connectivity index is 0.000000462.